The van der Waals surface area contributed by atoms with E-state index in [-0.39, 0.29) is 5.56 Å². The van der Waals surface area contributed by atoms with Crippen LogP contribution in [0.25, 0.3) is 33.4 Å². The number of nitrogens with zero attached hydrogens (tertiary/aromatic N) is 1. The van der Waals surface area contributed by atoms with E-state index >= 15 is 0 Å². The minimum Gasteiger partial charge on any atom is -0.478 e. The Hall–Kier alpha value is -3.60. The maximum Gasteiger partial charge on any atom is 0.336 e. The van der Waals surface area contributed by atoms with Crippen molar-refractivity contribution in [3.63, 3.8) is 0 Å². The van der Waals surface area contributed by atoms with Crippen LogP contribution in [0.15, 0.2) is 65.1 Å². The highest BCUT2D eigenvalue weighted by Crippen LogP contribution is 2.41. The molecule has 0 bridgehead atoms. The third kappa shape index (κ3) is 4.36. The highest BCUT2D eigenvalue weighted by molar-refractivity contribution is 6.07. The maximum absolute atomic E-state index is 12.1. The van der Waals surface area contributed by atoms with Crippen molar-refractivity contribution in [3.8, 4) is 22.5 Å². The Balaban J connectivity index is 2.09. The van der Waals surface area contributed by atoms with Crippen LogP contribution >= 0.6 is 0 Å². The third-order valence-electron chi connectivity index (χ3n) is 6.29. The molecule has 0 radical (unpaired) electrons. The number of hydrogen-bond donors (Lipinski definition) is 2. The van der Waals surface area contributed by atoms with Crippen LogP contribution in [0.4, 0.5) is 5.69 Å². The van der Waals surface area contributed by atoms with Gasteiger partial charge in [-0.05, 0) is 57.0 Å². The first-order chi connectivity index (χ1) is 16.0. The fourth-order valence-electron chi connectivity index (χ4n) is 4.32. The Bertz CT molecular complexity index is 1350. The molecular weight excluding hydrogens is 412 g/mol. The second kappa shape index (κ2) is 9.49. The molecular formula is C28H31N2O3+. The molecule has 2 N–H and O–H groups in total. The molecule has 0 spiro atoms. The van der Waals surface area contributed by atoms with Gasteiger partial charge in [0.05, 0.1) is 11.6 Å². The number of nitrogens with one attached hydrogen (secondary N) is 1. The predicted molar refractivity (Wildman–Crippen MR) is 135 cm³/mol. The van der Waals surface area contributed by atoms with Crippen molar-refractivity contribution in [2.24, 2.45) is 0 Å². The van der Waals surface area contributed by atoms with Crippen molar-refractivity contribution in [3.05, 3.63) is 71.6 Å². The van der Waals surface area contributed by atoms with Crippen LogP contribution < -0.4 is 15.2 Å². The molecule has 4 rings (SSSR count). The fourth-order valence-corrected chi connectivity index (χ4v) is 4.32. The topological polar surface area (TPSA) is 65.5 Å². The molecule has 0 aromatic heterocycles. The zero-order valence-corrected chi connectivity index (χ0v) is 19.7. The van der Waals surface area contributed by atoms with Crippen molar-refractivity contribution < 1.29 is 14.3 Å². The van der Waals surface area contributed by atoms with Gasteiger partial charge >= 0.3 is 5.97 Å². The van der Waals surface area contributed by atoms with Crippen LogP contribution in [-0.4, -0.2) is 30.2 Å². The highest BCUT2D eigenvalue weighted by atomic mass is 16.4. The lowest BCUT2D eigenvalue weighted by Gasteiger charge is -2.18. The first-order valence-electron chi connectivity index (χ1n) is 11.6. The average molecular weight is 444 g/mol. The second-order valence-electron chi connectivity index (χ2n) is 8.35. The zero-order valence-electron chi connectivity index (χ0n) is 19.7. The average Bonchev–Trinajstić information content (AvgIpc) is 2.83. The van der Waals surface area contributed by atoms with Gasteiger partial charge in [0.15, 0.2) is 0 Å². The lowest BCUT2D eigenvalue weighted by atomic mass is 9.90. The van der Waals surface area contributed by atoms with E-state index in [1.165, 1.54) is 0 Å². The van der Waals surface area contributed by atoms with Crippen LogP contribution in [0.3, 0.4) is 0 Å². The number of aromatic carboxylic acids is 1. The summed E-state index contributed by atoms with van der Waals surface area (Å²) in [4.78, 5) is 12.1. The summed E-state index contributed by atoms with van der Waals surface area (Å²) in [6.45, 7) is 10.3. The minimum atomic E-state index is -0.942. The number of carbonyl (C=O) groups is 1. The van der Waals surface area contributed by atoms with E-state index in [0.29, 0.717) is 11.6 Å². The van der Waals surface area contributed by atoms with Gasteiger partial charge in [0.1, 0.15) is 24.4 Å². The van der Waals surface area contributed by atoms with Gasteiger partial charge in [0, 0.05) is 40.4 Å². The molecule has 0 amide bonds. The van der Waals surface area contributed by atoms with Gasteiger partial charge in [0.2, 0.25) is 5.36 Å². The van der Waals surface area contributed by atoms with Crippen molar-refractivity contribution >= 4 is 22.6 Å². The van der Waals surface area contributed by atoms with Crippen molar-refractivity contribution in [1.29, 1.82) is 0 Å². The molecule has 1 heterocycles. The molecule has 5 nitrogen and oxygen atoms in total. The predicted octanol–water partition coefficient (Wildman–Crippen LogP) is 5.93. The molecule has 0 saturated carbocycles. The van der Waals surface area contributed by atoms with Gasteiger partial charge in [-0.15, -0.1) is 0 Å². The van der Waals surface area contributed by atoms with E-state index in [4.69, 9.17) is 4.42 Å². The van der Waals surface area contributed by atoms with E-state index in [0.717, 1.165) is 58.4 Å². The lowest BCUT2D eigenvalue weighted by molar-refractivity contribution is 0.0697. The normalized spacial score (nSPS) is 12.1. The maximum atomic E-state index is 12.1. The summed E-state index contributed by atoms with van der Waals surface area (Å²) in [6.07, 6.45) is 1.01. The Morgan fingerprint density at radius 2 is 1.76 bits per heavy atom. The first kappa shape index (κ1) is 22.6. The summed E-state index contributed by atoms with van der Waals surface area (Å²) in [5.74, 6) is -0.203. The van der Waals surface area contributed by atoms with Crippen LogP contribution in [0.2, 0.25) is 0 Å². The number of rotatable bonds is 7. The fraction of sp³-hybridized carbons (Fsp3) is 0.286. The van der Waals surface area contributed by atoms with E-state index in [2.05, 4.69) is 49.7 Å². The van der Waals surface area contributed by atoms with Gasteiger partial charge in [-0.3, -0.25) is 0 Å². The molecule has 0 saturated heterocycles. The molecule has 1 aliphatic heterocycles. The van der Waals surface area contributed by atoms with Gasteiger partial charge in [0.25, 0.3) is 0 Å². The number of fused-ring (bicyclic) bond motifs is 2. The number of benzene rings is 3. The number of carboxylic acid groups (broad SMARTS) is 1. The van der Waals surface area contributed by atoms with Crippen LogP contribution in [0, 0.1) is 0 Å². The molecule has 1 unspecified atom stereocenters. The van der Waals surface area contributed by atoms with E-state index in [9.17, 15) is 9.90 Å². The molecule has 1 atom stereocenters. The Kier molecular flexibility index (Phi) is 6.50. The molecule has 5 heteroatoms. The molecule has 0 fully saturated rings. The number of carboxylic acids is 1. The molecule has 1 aliphatic carbocycles. The van der Waals surface area contributed by atoms with Gasteiger partial charge in [-0.1, -0.05) is 25.1 Å². The highest BCUT2D eigenvalue weighted by Gasteiger charge is 2.22. The summed E-state index contributed by atoms with van der Waals surface area (Å²) in [5.41, 5.74) is 4.45. The minimum absolute atomic E-state index is 0.279. The summed E-state index contributed by atoms with van der Waals surface area (Å²) < 4.78 is 8.70. The lowest BCUT2D eigenvalue weighted by Crippen LogP contribution is -2.29. The monoisotopic (exact) mass is 443 g/mol. The Labute approximate surface area is 194 Å². The van der Waals surface area contributed by atoms with E-state index in [1.54, 1.807) is 12.1 Å². The van der Waals surface area contributed by atoms with E-state index in [1.807, 2.05) is 36.4 Å². The number of hydrogen-bond acceptors (Lipinski definition) is 3. The molecule has 170 valence electrons. The first-order valence-corrected chi connectivity index (χ1v) is 11.6. The standard InChI is InChI=1S/C28H30N2O3/c1-5-18(4)29-19-12-14-23-25(16-19)33-26-17-20(30(6-2)7-3)13-15-24(26)27(23)21-10-8-9-11-22(21)28(31)32/h8-18H,5-7H2,1-4H3,(H,31,32)/p+1. The summed E-state index contributed by atoms with van der Waals surface area (Å²) in [6, 6.07) is 19.8. The summed E-state index contributed by atoms with van der Waals surface area (Å²) >= 11 is 0. The Morgan fingerprint density at radius 1 is 1.00 bits per heavy atom. The molecule has 33 heavy (non-hydrogen) atoms. The second-order valence-corrected chi connectivity index (χ2v) is 8.35. The van der Waals surface area contributed by atoms with Gasteiger partial charge in [-0.2, -0.15) is 0 Å². The summed E-state index contributed by atoms with van der Waals surface area (Å²) in [7, 11) is 0. The van der Waals surface area contributed by atoms with Crippen LogP contribution in [0.5, 0.6) is 0 Å². The van der Waals surface area contributed by atoms with Crippen molar-refractivity contribution in [1.82, 2.24) is 4.58 Å². The van der Waals surface area contributed by atoms with Crippen molar-refractivity contribution in [2.45, 2.75) is 40.2 Å². The SMILES string of the molecule is CCC(C)Nc1ccc2c(-c3ccccc3C(=O)O)c3ccc(=[N+](CC)CC)cc-3oc2c1. The third-order valence-corrected chi connectivity index (χ3v) is 6.29. The molecule has 2 aromatic rings. The molecule has 2 aliphatic rings. The van der Waals surface area contributed by atoms with Crippen LogP contribution in [-0.2, 0) is 0 Å². The molecule has 2 aromatic carbocycles. The zero-order chi connectivity index (χ0) is 23.5. The largest absolute Gasteiger partial charge is 0.478 e. The van der Waals surface area contributed by atoms with E-state index < -0.39 is 5.97 Å². The smallest absolute Gasteiger partial charge is 0.336 e. The number of anilines is 1. The van der Waals surface area contributed by atoms with Crippen molar-refractivity contribution in [2.75, 3.05) is 18.4 Å². The quantitative estimate of drug-likeness (QED) is 0.275. The summed E-state index contributed by atoms with van der Waals surface area (Å²) in [5, 5.41) is 15.4. The Morgan fingerprint density at radius 3 is 2.45 bits per heavy atom. The van der Waals surface area contributed by atoms with Crippen LogP contribution in [0.1, 0.15) is 44.5 Å². The van der Waals surface area contributed by atoms with Gasteiger partial charge < -0.3 is 14.8 Å². The van der Waals surface area contributed by atoms with Gasteiger partial charge in [-0.25, -0.2) is 9.37 Å².